The van der Waals surface area contributed by atoms with Crippen LogP contribution in [0.2, 0.25) is 13.1 Å². The van der Waals surface area contributed by atoms with Crippen molar-refractivity contribution in [2.45, 2.75) is 65.5 Å². The van der Waals surface area contributed by atoms with Crippen LogP contribution in [-0.2, 0) is 0 Å². The van der Waals surface area contributed by atoms with Gasteiger partial charge in [-0.1, -0.05) is 63.4 Å². The first-order valence-electron chi connectivity index (χ1n) is 6.88. The van der Waals surface area contributed by atoms with Gasteiger partial charge in [-0.3, -0.25) is 4.99 Å². The van der Waals surface area contributed by atoms with Crippen LogP contribution in [0.5, 0.6) is 0 Å². The maximum Gasteiger partial charge on any atom is 0.0662 e. The Bertz CT molecular complexity index is 207. The molecule has 16 heavy (non-hydrogen) atoms. The second-order valence-electron chi connectivity index (χ2n) is 4.75. The number of aliphatic imine (C=N–C) groups is 1. The molecule has 0 atom stereocenters. The van der Waals surface area contributed by atoms with Crippen molar-refractivity contribution < 1.29 is 0 Å². The Balaban J connectivity index is 3.47. The number of hydrogen-bond acceptors (Lipinski definition) is 1. The highest BCUT2D eigenvalue weighted by Crippen LogP contribution is 2.05. The van der Waals surface area contributed by atoms with E-state index in [0.717, 1.165) is 6.54 Å². The molecule has 0 aromatic rings. The predicted molar refractivity (Wildman–Crippen MR) is 79.4 cm³/mol. The minimum atomic E-state index is -0.648. The standard InChI is InChI=1S/C14H29NSi/c1-5-7-8-9-10-11-12-15-13-14(6-2)16(3)4/h6,13,16H,5,7-12H2,1-4H3. The normalized spacial score (nSPS) is 12.9. The van der Waals surface area contributed by atoms with Crippen LogP contribution >= 0.6 is 0 Å². The van der Waals surface area contributed by atoms with Crippen molar-refractivity contribution >= 4 is 15.0 Å². The molecule has 0 amide bonds. The van der Waals surface area contributed by atoms with E-state index in [9.17, 15) is 0 Å². The first kappa shape index (κ1) is 15.6. The molecule has 0 heterocycles. The first-order valence-corrected chi connectivity index (χ1v) is 9.77. The summed E-state index contributed by atoms with van der Waals surface area (Å²) in [7, 11) is -0.648. The maximum absolute atomic E-state index is 4.52. The van der Waals surface area contributed by atoms with E-state index in [4.69, 9.17) is 0 Å². The predicted octanol–water partition coefficient (Wildman–Crippen LogP) is 4.39. The second kappa shape index (κ2) is 11.1. The third-order valence-corrected chi connectivity index (χ3v) is 4.70. The lowest BCUT2D eigenvalue weighted by Crippen LogP contribution is -2.06. The van der Waals surface area contributed by atoms with Crippen LogP contribution in [-0.4, -0.2) is 21.6 Å². The van der Waals surface area contributed by atoms with Crippen LogP contribution in [0, 0.1) is 0 Å². The molecule has 0 aliphatic rings. The monoisotopic (exact) mass is 239 g/mol. The van der Waals surface area contributed by atoms with Crippen LogP contribution in [0.15, 0.2) is 16.3 Å². The Morgan fingerprint density at radius 2 is 1.69 bits per heavy atom. The highest BCUT2D eigenvalue weighted by molar-refractivity contribution is 6.68. The number of nitrogens with zero attached hydrogens (tertiary/aromatic N) is 1. The smallest absolute Gasteiger partial charge is 0.0662 e. The van der Waals surface area contributed by atoms with E-state index in [1.54, 1.807) is 0 Å². The SMILES string of the molecule is CC=C(C=NCCCCCCCC)[SiH](C)C. The van der Waals surface area contributed by atoms with Gasteiger partial charge in [0.15, 0.2) is 0 Å². The van der Waals surface area contributed by atoms with Gasteiger partial charge in [-0.05, 0) is 13.3 Å². The van der Waals surface area contributed by atoms with E-state index in [0.29, 0.717) is 0 Å². The Hall–Kier alpha value is -0.373. The van der Waals surface area contributed by atoms with E-state index < -0.39 is 8.80 Å². The lowest BCUT2D eigenvalue weighted by atomic mass is 10.1. The highest BCUT2D eigenvalue weighted by Gasteiger charge is 1.98. The molecule has 0 saturated carbocycles. The van der Waals surface area contributed by atoms with E-state index in [2.05, 4.69) is 44.2 Å². The van der Waals surface area contributed by atoms with Gasteiger partial charge in [-0.2, -0.15) is 0 Å². The summed E-state index contributed by atoms with van der Waals surface area (Å²) in [6.07, 6.45) is 12.5. The average molecular weight is 239 g/mol. The quantitative estimate of drug-likeness (QED) is 0.321. The molecule has 0 aliphatic heterocycles. The van der Waals surface area contributed by atoms with Gasteiger partial charge in [0.05, 0.1) is 8.80 Å². The van der Waals surface area contributed by atoms with Gasteiger partial charge in [-0.15, -0.1) is 0 Å². The van der Waals surface area contributed by atoms with Gasteiger partial charge in [0.2, 0.25) is 0 Å². The van der Waals surface area contributed by atoms with Crippen LogP contribution in [0.1, 0.15) is 52.4 Å². The number of unbranched alkanes of at least 4 members (excludes halogenated alkanes) is 5. The zero-order valence-electron chi connectivity index (χ0n) is 11.6. The van der Waals surface area contributed by atoms with E-state index in [1.165, 1.54) is 43.7 Å². The van der Waals surface area contributed by atoms with Crippen molar-refractivity contribution in [3.63, 3.8) is 0 Å². The Labute approximate surface area is 104 Å². The summed E-state index contributed by atoms with van der Waals surface area (Å²) >= 11 is 0. The molecule has 94 valence electrons. The second-order valence-corrected chi connectivity index (χ2v) is 7.72. The van der Waals surface area contributed by atoms with Crippen LogP contribution in [0.4, 0.5) is 0 Å². The van der Waals surface area contributed by atoms with Gasteiger partial charge < -0.3 is 0 Å². The minimum absolute atomic E-state index is 0.648. The molecule has 0 aromatic carbocycles. The molecule has 0 bridgehead atoms. The third kappa shape index (κ3) is 8.90. The first-order chi connectivity index (χ1) is 7.72. The topological polar surface area (TPSA) is 12.4 Å². The molecule has 0 radical (unpaired) electrons. The van der Waals surface area contributed by atoms with Gasteiger partial charge in [0.25, 0.3) is 0 Å². The van der Waals surface area contributed by atoms with Crippen molar-refractivity contribution in [3.05, 3.63) is 11.3 Å². The summed E-state index contributed by atoms with van der Waals surface area (Å²) in [6.45, 7) is 10.1. The number of hydrogen-bond donors (Lipinski definition) is 0. The summed E-state index contributed by atoms with van der Waals surface area (Å²) in [5, 5.41) is 1.49. The van der Waals surface area contributed by atoms with Crippen molar-refractivity contribution in [1.82, 2.24) is 0 Å². The lowest BCUT2D eigenvalue weighted by molar-refractivity contribution is 0.612. The molecule has 0 fully saturated rings. The minimum Gasteiger partial charge on any atom is -0.293 e. The molecule has 0 saturated heterocycles. The fourth-order valence-corrected chi connectivity index (χ4v) is 2.78. The van der Waals surface area contributed by atoms with Crippen LogP contribution in [0.3, 0.4) is 0 Å². The highest BCUT2D eigenvalue weighted by atomic mass is 28.3. The molecule has 2 heteroatoms. The lowest BCUT2D eigenvalue weighted by Gasteiger charge is -2.02. The van der Waals surface area contributed by atoms with Crippen molar-refractivity contribution in [2.75, 3.05) is 6.54 Å². The van der Waals surface area contributed by atoms with E-state index in [-0.39, 0.29) is 0 Å². The summed E-state index contributed by atoms with van der Waals surface area (Å²) in [5.41, 5.74) is 0. The molecule has 0 rings (SSSR count). The molecular formula is C14H29NSi. The largest absolute Gasteiger partial charge is 0.293 e. The summed E-state index contributed by atoms with van der Waals surface area (Å²) in [5.74, 6) is 0. The molecule has 0 spiro atoms. The average Bonchev–Trinajstić information content (AvgIpc) is 2.26. The van der Waals surface area contributed by atoms with Crippen molar-refractivity contribution in [3.8, 4) is 0 Å². The Kier molecular flexibility index (Phi) is 10.9. The third-order valence-electron chi connectivity index (χ3n) is 2.88. The zero-order valence-corrected chi connectivity index (χ0v) is 12.8. The van der Waals surface area contributed by atoms with Gasteiger partial charge >= 0.3 is 0 Å². The molecule has 0 unspecified atom stereocenters. The fourth-order valence-electron chi connectivity index (χ4n) is 1.71. The zero-order chi connectivity index (χ0) is 12.2. The fraction of sp³-hybridized carbons (Fsp3) is 0.786. The number of allylic oxidation sites excluding steroid dienone is 2. The Morgan fingerprint density at radius 1 is 1.06 bits per heavy atom. The maximum atomic E-state index is 4.52. The molecule has 0 aliphatic carbocycles. The van der Waals surface area contributed by atoms with Gasteiger partial charge in [-0.25, -0.2) is 0 Å². The van der Waals surface area contributed by atoms with Crippen LogP contribution in [0.25, 0.3) is 0 Å². The molecule has 0 aromatic heterocycles. The van der Waals surface area contributed by atoms with Gasteiger partial charge in [0.1, 0.15) is 0 Å². The summed E-state index contributed by atoms with van der Waals surface area (Å²) < 4.78 is 0. The van der Waals surface area contributed by atoms with Gasteiger partial charge in [0, 0.05) is 12.8 Å². The summed E-state index contributed by atoms with van der Waals surface area (Å²) in [6, 6.07) is 0. The van der Waals surface area contributed by atoms with Crippen molar-refractivity contribution in [1.29, 1.82) is 0 Å². The Morgan fingerprint density at radius 3 is 2.25 bits per heavy atom. The molecule has 1 nitrogen and oxygen atoms in total. The number of rotatable bonds is 9. The van der Waals surface area contributed by atoms with E-state index in [1.807, 2.05) is 0 Å². The molecule has 0 N–H and O–H groups in total. The summed E-state index contributed by atoms with van der Waals surface area (Å²) in [4.78, 5) is 4.52. The van der Waals surface area contributed by atoms with Crippen molar-refractivity contribution in [2.24, 2.45) is 4.99 Å². The van der Waals surface area contributed by atoms with E-state index >= 15 is 0 Å². The molecular weight excluding hydrogens is 210 g/mol. The van der Waals surface area contributed by atoms with Crippen LogP contribution < -0.4 is 0 Å².